The van der Waals surface area contributed by atoms with Gasteiger partial charge in [-0.1, -0.05) is 15.9 Å². The van der Waals surface area contributed by atoms with Gasteiger partial charge in [-0.25, -0.2) is 4.68 Å². The lowest BCUT2D eigenvalue weighted by Crippen LogP contribution is -2.04. The lowest BCUT2D eigenvalue weighted by Gasteiger charge is -2.01. The molecule has 3 nitrogen and oxygen atoms in total. The van der Waals surface area contributed by atoms with Crippen molar-refractivity contribution in [3.63, 3.8) is 0 Å². The van der Waals surface area contributed by atoms with Gasteiger partial charge in [-0.05, 0) is 24.3 Å². The molecule has 2 heterocycles. The fraction of sp³-hybridized carbons (Fsp3) is 0.182. The number of hydrogen-bond acceptors (Lipinski definition) is 2. The summed E-state index contributed by atoms with van der Waals surface area (Å²) in [5, 5.41) is 7.80. The molecular formula is C11H10BrN3. The lowest BCUT2D eigenvalue weighted by molar-refractivity contribution is 0.721. The van der Waals surface area contributed by atoms with E-state index in [1.807, 2.05) is 16.8 Å². The maximum atomic E-state index is 4.53. The topological polar surface area (TPSA) is 29.9 Å². The Bertz CT molecular complexity index is 466. The van der Waals surface area contributed by atoms with E-state index >= 15 is 0 Å². The van der Waals surface area contributed by atoms with Crippen LogP contribution in [0.25, 0.3) is 5.69 Å². The van der Waals surface area contributed by atoms with Crippen molar-refractivity contribution >= 4 is 15.9 Å². The highest BCUT2D eigenvalue weighted by atomic mass is 79.9. The minimum Gasteiger partial charge on any atom is -0.307 e. The first-order chi connectivity index (χ1) is 7.33. The van der Waals surface area contributed by atoms with Crippen molar-refractivity contribution in [2.45, 2.75) is 13.1 Å². The Balaban J connectivity index is 2.02. The Hall–Kier alpha value is -1.13. The van der Waals surface area contributed by atoms with Gasteiger partial charge in [-0.2, -0.15) is 5.10 Å². The van der Waals surface area contributed by atoms with E-state index in [4.69, 9.17) is 0 Å². The summed E-state index contributed by atoms with van der Waals surface area (Å²) in [4.78, 5) is 0. The molecule has 0 unspecified atom stereocenters. The van der Waals surface area contributed by atoms with E-state index in [1.54, 1.807) is 0 Å². The van der Waals surface area contributed by atoms with Crippen LogP contribution in [0.2, 0.25) is 0 Å². The zero-order valence-corrected chi connectivity index (χ0v) is 9.66. The van der Waals surface area contributed by atoms with Gasteiger partial charge in [-0.3, -0.25) is 0 Å². The van der Waals surface area contributed by atoms with Crippen LogP contribution >= 0.6 is 15.9 Å². The Labute approximate surface area is 96.2 Å². The Kier molecular flexibility index (Phi) is 2.11. The van der Waals surface area contributed by atoms with Gasteiger partial charge in [0, 0.05) is 29.3 Å². The van der Waals surface area contributed by atoms with Crippen LogP contribution in [0.15, 0.2) is 34.9 Å². The van der Waals surface area contributed by atoms with E-state index in [-0.39, 0.29) is 0 Å². The van der Waals surface area contributed by atoms with Crippen LogP contribution in [-0.4, -0.2) is 9.78 Å². The Morgan fingerprint density at radius 1 is 1.20 bits per heavy atom. The summed E-state index contributed by atoms with van der Waals surface area (Å²) in [5.74, 6) is 0. The molecule has 1 aromatic carbocycles. The molecule has 0 spiro atoms. The van der Waals surface area contributed by atoms with E-state index < -0.39 is 0 Å². The average Bonchev–Trinajstić information content (AvgIpc) is 2.78. The molecule has 1 aromatic heterocycles. The predicted molar refractivity (Wildman–Crippen MR) is 61.8 cm³/mol. The third-order valence-electron chi connectivity index (χ3n) is 2.58. The first-order valence-corrected chi connectivity index (χ1v) is 5.66. The second-order valence-electron chi connectivity index (χ2n) is 3.63. The molecule has 0 bridgehead atoms. The van der Waals surface area contributed by atoms with Crippen molar-refractivity contribution in [2.75, 3.05) is 0 Å². The molecule has 3 rings (SSSR count). The molecule has 1 aliphatic heterocycles. The molecule has 0 atom stereocenters. The number of rotatable bonds is 1. The first kappa shape index (κ1) is 9.12. The largest absolute Gasteiger partial charge is 0.307 e. The summed E-state index contributed by atoms with van der Waals surface area (Å²) in [6.45, 7) is 1.82. The molecular weight excluding hydrogens is 254 g/mol. The quantitative estimate of drug-likeness (QED) is 0.856. The number of fused-ring (bicyclic) bond motifs is 1. The van der Waals surface area contributed by atoms with Crippen molar-refractivity contribution in [1.29, 1.82) is 0 Å². The van der Waals surface area contributed by atoms with Gasteiger partial charge < -0.3 is 5.32 Å². The molecule has 0 fully saturated rings. The molecule has 2 aromatic rings. The summed E-state index contributed by atoms with van der Waals surface area (Å²) in [7, 11) is 0. The molecule has 4 heteroatoms. The van der Waals surface area contributed by atoms with E-state index in [0.29, 0.717) is 0 Å². The summed E-state index contributed by atoms with van der Waals surface area (Å²) >= 11 is 3.42. The van der Waals surface area contributed by atoms with E-state index in [2.05, 4.69) is 44.7 Å². The van der Waals surface area contributed by atoms with Gasteiger partial charge >= 0.3 is 0 Å². The lowest BCUT2D eigenvalue weighted by atomic mass is 10.3. The van der Waals surface area contributed by atoms with Crippen molar-refractivity contribution in [3.8, 4) is 5.69 Å². The highest BCUT2D eigenvalue weighted by Gasteiger charge is 2.14. The van der Waals surface area contributed by atoms with Crippen LogP contribution in [0, 0.1) is 0 Å². The number of nitrogens with zero attached hydrogens (tertiary/aromatic N) is 2. The van der Waals surface area contributed by atoms with Gasteiger partial charge in [-0.15, -0.1) is 0 Å². The van der Waals surface area contributed by atoms with Crippen LogP contribution in [-0.2, 0) is 13.1 Å². The normalized spacial score (nSPS) is 14.2. The highest BCUT2D eigenvalue weighted by molar-refractivity contribution is 9.10. The Morgan fingerprint density at radius 3 is 2.73 bits per heavy atom. The molecule has 0 aliphatic carbocycles. The molecule has 76 valence electrons. The number of aromatic nitrogens is 2. The minimum atomic E-state index is 0.888. The van der Waals surface area contributed by atoms with Crippen molar-refractivity contribution < 1.29 is 0 Å². The third kappa shape index (κ3) is 1.60. The van der Waals surface area contributed by atoms with E-state index in [0.717, 1.165) is 28.9 Å². The fourth-order valence-corrected chi connectivity index (χ4v) is 2.05. The maximum Gasteiger partial charge on any atom is 0.0811 e. The molecule has 0 radical (unpaired) electrons. The smallest absolute Gasteiger partial charge is 0.0811 e. The van der Waals surface area contributed by atoms with Gasteiger partial charge in [0.05, 0.1) is 11.4 Å². The highest BCUT2D eigenvalue weighted by Crippen LogP contribution is 2.18. The van der Waals surface area contributed by atoms with E-state index in [1.165, 1.54) is 5.56 Å². The monoisotopic (exact) mass is 263 g/mol. The number of nitrogens with one attached hydrogen (secondary N) is 1. The molecule has 15 heavy (non-hydrogen) atoms. The van der Waals surface area contributed by atoms with Crippen LogP contribution in [0.5, 0.6) is 0 Å². The second-order valence-corrected chi connectivity index (χ2v) is 4.54. The van der Waals surface area contributed by atoms with Crippen LogP contribution in [0.4, 0.5) is 0 Å². The SMILES string of the molecule is Brc1ccc(-n2cc3c(n2)CNC3)cc1. The predicted octanol–water partition coefficient (Wildman–Crippen LogP) is 2.24. The summed E-state index contributed by atoms with van der Waals surface area (Å²) < 4.78 is 3.03. The third-order valence-corrected chi connectivity index (χ3v) is 3.10. The van der Waals surface area contributed by atoms with Gasteiger partial charge in [0.2, 0.25) is 0 Å². The molecule has 0 saturated carbocycles. The summed E-state index contributed by atoms with van der Waals surface area (Å²) in [6, 6.07) is 8.17. The number of benzene rings is 1. The second kappa shape index (κ2) is 3.47. The van der Waals surface area contributed by atoms with Crippen LogP contribution in [0.1, 0.15) is 11.3 Å². The first-order valence-electron chi connectivity index (χ1n) is 4.87. The average molecular weight is 264 g/mol. The van der Waals surface area contributed by atoms with Gasteiger partial charge in [0.1, 0.15) is 0 Å². The van der Waals surface area contributed by atoms with Gasteiger partial charge in [0.15, 0.2) is 0 Å². The van der Waals surface area contributed by atoms with Crippen molar-refractivity contribution in [3.05, 3.63) is 46.2 Å². The molecule has 1 N–H and O–H groups in total. The van der Waals surface area contributed by atoms with Crippen LogP contribution in [0.3, 0.4) is 0 Å². The summed E-state index contributed by atoms with van der Waals surface area (Å²) in [6.07, 6.45) is 2.10. The zero-order valence-electron chi connectivity index (χ0n) is 8.07. The Morgan fingerprint density at radius 2 is 2.00 bits per heavy atom. The molecule has 1 aliphatic rings. The maximum absolute atomic E-state index is 4.53. The van der Waals surface area contributed by atoms with E-state index in [9.17, 15) is 0 Å². The standard InChI is InChI=1S/C11H10BrN3/c12-9-1-3-10(4-2-9)15-7-8-5-13-6-11(8)14-15/h1-4,7,13H,5-6H2. The number of hydrogen-bond donors (Lipinski definition) is 1. The van der Waals surface area contributed by atoms with Crippen LogP contribution < -0.4 is 5.32 Å². The number of halogens is 1. The minimum absolute atomic E-state index is 0.888. The zero-order chi connectivity index (χ0) is 10.3. The van der Waals surface area contributed by atoms with Gasteiger partial charge in [0.25, 0.3) is 0 Å². The summed E-state index contributed by atoms with van der Waals surface area (Å²) in [5.41, 5.74) is 3.57. The molecule has 0 saturated heterocycles. The fourth-order valence-electron chi connectivity index (χ4n) is 1.78. The molecule has 0 amide bonds. The van der Waals surface area contributed by atoms with Crippen molar-refractivity contribution in [2.24, 2.45) is 0 Å². The van der Waals surface area contributed by atoms with Crippen molar-refractivity contribution in [1.82, 2.24) is 15.1 Å².